The van der Waals surface area contributed by atoms with Gasteiger partial charge in [0.05, 0.1) is 12.8 Å². The van der Waals surface area contributed by atoms with Crippen molar-refractivity contribution in [3.63, 3.8) is 0 Å². The zero-order chi connectivity index (χ0) is 21.6. The molecule has 0 unspecified atom stereocenters. The van der Waals surface area contributed by atoms with Crippen LogP contribution in [0, 0.1) is 0 Å². The van der Waals surface area contributed by atoms with Crippen LogP contribution in [0.5, 0.6) is 11.5 Å². The van der Waals surface area contributed by atoms with Gasteiger partial charge in [-0.25, -0.2) is 9.78 Å². The largest absolute Gasteiger partial charge is 0.497 e. The SMILES string of the molecule is COc1ccc(NC(=O)Nc2ccc(OCc3cc(=O)n4ccccc4n3)cc2)cc1. The molecule has 0 fully saturated rings. The number of ether oxygens (including phenoxy) is 2. The van der Waals surface area contributed by atoms with Crippen LogP contribution < -0.4 is 25.7 Å². The Bertz CT molecular complexity index is 1250. The first kappa shape index (κ1) is 20.0. The van der Waals surface area contributed by atoms with E-state index in [4.69, 9.17) is 9.47 Å². The number of carbonyl (C=O) groups excluding carboxylic acids is 1. The van der Waals surface area contributed by atoms with Gasteiger partial charge in [0.2, 0.25) is 0 Å². The summed E-state index contributed by atoms with van der Waals surface area (Å²) in [5.41, 5.74) is 2.21. The number of methoxy groups -OCH3 is 1. The van der Waals surface area contributed by atoms with Crippen LogP contribution in [-0.2, 0) is 6.61 Å². The van der Waals surface area contributed by atoms with Gasteiger partial charge < -0.3 is 20.1 Å². The van der Waals surface area contributed by atoms with E-state index in [0.717, 1.165) is 0 Å². The normalized spacial score (nSPS) is 10.5. The smallest absolute Gasteiger partial charge is 0.323 e. The maximum Gasteiger partial charge on any atom is 0.323 e. The third-order valence-corrected chi connectivity index (χ3v) is 4.47. The summed E-state index contributed by atoms with van der Waals surface area (Å²) >= 11 is 0. The monoisotopic (exact) mass is 416 g/mol. The second-order valence-electron chi connectivity index (χ2n) is 6.64. The number of urea groups is 1. The van der Waals surface area contributed by atoms with Crippen LogP contribution in [0.25, 0.3) is 5.65 Å². The number of nitrogens with zero attached hydrogens (tertiary/aromatic N) is 2. The number of hydrogen-bond acceptors (Lipinski definition) is 5. The van der Waals surface area contributed by atoms with Crippen LogP contribution in [0.3, 0.4) is 0 Å². The van der Waals surface area contributed by atoms with E-state index >= 15 is 0 Å². The second kappa shape index (κ2) is 9.00. The molecule has 0 bridgehead atoms. The number of pyridine rings is 1. The zero-order valence-electron chi connectivity index (χ0n) is 16.7. The van der Waals surface area contributed by atoms with Crippen molar-refractivity contribution in [3.05, 3.63) is 95.0 Å². The number of nitrogens with one attached hydrogen (secondary N) is 2. The zero-order valence-corrected chi connectivity index (χ0v) is 16.7. The summed E-state index contributed by atoms with van der Waals surface area (Å²) in [7, 11) is 1.58. The summed E-state index contributed by atoms with van der Waals surface area (Å²) in [6.07, 6.45) is 1.67. The Balaban J connectivity index is 1.33. The first-order valence-corrected chi connectivity index (χ1v) is 9.53. The van der Waals surface area contributed by atoms with Gasteiger partial charge in [0, 0.05) is 23.6 Å². The molecule has 8 nitrogen and oxygen atoms in total. The lowest BCUT2D eigenvalue weighted by atomic mass is 10.3. The van der Waals surface area contributed by atoms with Gasteiger partial charge in [-0.1, -0.05) is 6.07 Å². The highest BCUT2D eigenvalue weighted by molar-refractivity contribution is 5.99. The van der Waals surface area contributed by atoms with E-state index in [0.29, 0.717) is 34.2 Å². The molecule has 2 N–H and O–H groups in total. The molecule has 4 aromatic rings. The summed E-state index contributed by atoms with van der Waals surface area (Å²) in [6, 6.07) is 20.4. The van der Waals surface area contributed by atoms with E-state index in [1.54, 1.807) is 74.0 Å². The van der Waals surface area contributed by atoms with Crippen molar-refractivity contribution in [2.75, 3.05) is 17.7 Å². The number of hydrogen-bond donors (Lipinski definition) is 2. The van der Waals surface area contributed by atoms with E-state index < -0.39 is 0 Å². The molecule has 0 aliphatic carbocycles. The minimum absolute atomic E-state index is 0.158. The van der Waals surface area contributed by atoms with Crippen molar-refractivity contribution in [1.29, 1.82) is 0 Å². The van der Waals surface area contributed by atoms with Crippen LogP contribution in [0.4, 0.5) is 16.2 Å². The molecule has 2 amide bonds. The molecule has 156 valence electrons. The lowest BCUT2D eigenvalue weighted by Crippen LogP contribution is -2.19. The van der Waals surface area contributed by atoms with Crippen LogP contribution in [0.1, 0.15) is 5.69 Å². The van der Waals surface area contributed by atoms with E-state index in [1.165, 1.54) is 10.5 Å². The lowest BCUT2D eigenvalue weighted by molar-refractivity contribution is 0.262. The standard InChI is InChI=1S/C23H20N4O4/c1-30-19-9-5-16(6-10-19)25-23(29)26-17-7-11-20(12-8-17)31-15-18-14-22(28)27-13-3-2-4-21(27)24-18/h2-14H,15H2,1H3,(H2,25,26,29). The minimum atomic E-state index is -0.361. The molecular formula is C23H20N4O4. The van der Waals surface area contributed by atoms with Crippen molar-refractivity contribution in [2.45, 2.75) is 6.61 Å². The molecule has 0 saturated heterocycles. The highest BCUT2D eigenvalue weighted by atomic mass is 16.5. The van der Waals surface area contributed by atoms with Gasteiger partial charge in [0.1, 0.15) is 23.8 Å². The van der Waals surface area contributed by atoms with Gasteiger partial charge in [0.25, 0.3) is 5.56 Å². The summed E-state index contributed by atoms with van der Waals surface area (Å²) in [6.45, 7) is 0.158. The van der Waals surface area contributed by atoms with Crippen LogP contribution in [0.15, 0.2) is 83.8 Å². The second-order valence-corrected chi connectivity index (χ2v) is 6.64. The van der Waals surface area contributed by atoms with Crippen LogP contribution in [-0.4, -0.2) is 22.5 Å². The predicted octanol–water partition coefficient (Wildman–Crippen LogP) is 3.93. The average Bonchev–Trinajstić information content (AvgIpc) is 2.79. The van der Waals surface area contributed by atoms with Crippen molar-refractivity contribution in [2.24, 2.45) is 0 Å². The molecule has 0 aliphatic rings. The fraction of sp³-hybridized carbons (Fsp3) is 0.0870. The molecular weight excluding hydrogens is 396 g/mol. The van der Waals surface area contributed by atoms with Crippen LogP contribution in [0.2, 0.25) is 0 Å². The van der Waals surface area contributed by atoms with Gasteiger partial charge >= 0.3 is 6.03 Å². The maximum atomic E-state index is 12.1. The minimum Gasteiger partial charge on any atom is -0.497 e. The van der Waals surface area contributed by atoms with Crippen molar-refractivity contribution in [1.82, 2.24) is 9.38 Å². The molecule has 31 heavy (non-hydrogen) atoms. The Kier molecular flexibility index (Phi) is 5.79. The summed E-state index contributed by atoms with van der Waals surface area (Å²) in [4.78, 5) is 28.7. The highest BCUT2D eigenvalue weighted by Crippen LogP contribution is 2.18. The third-order valence-electron chi connectivity index (χ3n) is 4.47. The number of aromatic nitrogens is 2. The fourth-order valence-corrected chi connectivity index (χ4v) is 2.94. The molecule has 0 aliphatic heterocycles. The highest BCUT2D eigenvalue weighted by Gasteiger charge is 2.05. The number of anilines is 2. The van der Waals surface area contributed by atoms with Gasteiger partial charge in [-0.3, -0.25) is 9.20 Å². The van der Waals surface area contributed by atoms with Gasteiger partial charge in [-0.15, -0.1) is 0 Å². The summed E-state index contributed by atoms with van der Waals surface area (Å²) in [5.74, 6) is 1.31. The maximum absolute atomic E-state index is 12.1. The number of benzene rings is 2. The van der Waals surface area contributed by atoms with E-state index in [9.17, 15) is 9.59 Å². The number of carbonyl (C=O) groups is 1. The molecule has 2 aromatic heterocycles. The topological polar surface area (TPSA) is 94.0 Å². The Labute approximate surface area is 178 Å². The molecule has 0 saturated carbocycles. The van der Waals surface area contributed by atoms with Crippen molar-refractivity contribution >= 4 is 23.1 Å². The third kappa shape index (κ3) is 4.99. The van der Waals surface area contributed by atoms with Gasteiger partial charge in [0.15, 0.2) is 0 Å². The van der Waals surface area contributed by atoms with Crippen LogP contribution >= 0.6 is 0 Å². The Morgan fingerprint density at radius 1 is 0.935 bits per heavy atom. The predicted molar refractivity (Wildman–Crippen MR) is 118 cm³/mol. The Morgan fingerprint density at radius 2 is 1.58 bits per heavy atom. The molecule has 0 radical (unpaired) electrons. The number of rotatable bonds is 6. The number of amides is 2. The molecule has 0 spiro atoms. The Morgan fingerprint density at radius 3 is 2.23 bits per heavy atom. The summed E-state index contributed by atoms with van der Waals surface area (Å²) < 4.78 is 12.3. The van der Waals surface area contributed by atoms with Crippen molar-refractivity contribution < 1.29 is 14.3 Å². The first-order chi connectivity index (χ1) is 15.1. The molecule has 0 atom stereocenters. The first-order valence-electron chi connectivity index (χ1n) is 9.53. The molecule has 2 aromatic carbocycles. The Hall–Kier alpha value is -4.33. The van der Waals surface area contributed by atoms with E-state index in [-0.39, 0.29) is 18.2 Å². The molecule has 2 heterocycles. The summed E-state index contributed by atoms with van der Waals surface area (Å²) in [5, 5.41) is 5.50. The quantitative estimate of drug-likeness (QED) is 0.497. The number of fused-ring (bicyclic) bond motifs is 1. The molecule has 8 heteroatoms. The van der Waals surface area contributed by atoms with E-state index in [1.807, 2.05) is 6.07 Å². The van der Waals surface area contributed by atoms with Gasteiger partial charge in [-0.2, -0.15) is 0 Å². The average molecular weight is 416 g/mol. The van der Waals surface area contributed by atoms with Crippen molar-refractivity contribution in [3.8, 4) is 11.5 Å². The molecule has 4 rings (SSSR count). The fourth-order valence-electron chi connectivity index (χ4n) is 2.94. The lowest BCUT2D eigenvalue weighted by Gasteiger charge is -2.10. The van der Waals surface area contributed by atoms with E-state index in [2.05, 4.69) is 15.6 Å². The van der Waals surface area contributed by atoms with Gasteiger partial charge in [-0.05, 0) is 60.7 Å².